The highest BCUT2D eigenvalue weighted by Gasteiger charge is 2.30. The monoisotopic (exact) mass is 364 g/mol. The lowest BCUT2D eigenvalue weighted by Gasteiger charge is -2.14. The Bertz CT molecular complexity index is 863. The first-order valence-corrected chi connectivity index (χ1v) is 7.84. The summed E-state index contributed by atoms with van der Waals surface area (Å²) in [5, 5.41) is 7.90. The van der Waals surface area contributed by atoms with Crippen LogP contribution >= 0.6 is 0 Å². The van der Waals surface area contributed by atoms with Crippen molar-refractivity contribution >= 4 is 17.4 Å². The molecule has 7 heteroatoms. The molecule has 0 fully saturated rings. The number of para-hydroxylation sites is 1. The van der Waals surface area contributed by atoms with Crippen LogP contribution in [-0.4, -0.2) is 22.3 Å². The standard InChI is InChI=1S/C14H9F3N2.C5H10O2/c15-14(16,17)10-7-5-9(6-8-10)13-11-3-1-2-4-12(11)18-19-13;1-5(2,3)7-4-6/h1-8H,(H,18,19);4H,1-3H3. The largest absolute Gasteiger partial charge is 0.462 e. The highest BCUT2D eigenvalue weighted by Crippen LogP contribution is 2.32. The van der Waals surface area contributed by atoms with Crippen molar-refractivity contribution in [3.63, 3.8) is 0 Å². The smallest absolute Gasteiger partial charge is 0.416 e. The molecule has 1 aromatic heterocycles. The third kappa shape index (κ3) is 5.08. The number of nitrogens with zero attached hydrogens (tertiary/aromatic N) is 1. The van der Waals surface area contributed by atoms with Gasteiger partial charge in [0.15, 0.2) is 0 Å². The van der Waals surface area contributed by atoms with Gasteiger partial charge in [0.05, 0.1) is 16.8 Å². The summed E-state index contributed by atoms with van der Waals surface area (Å²) in [6.45, 7) is 5.92. The van der Waals surface area contributed by atoms with Gasteiger partial charge in [0, 0.05) is 10.9 Å². The van der Waals surface area contributed by atoms with Crippen LogP contribution in [0.1, 0.15) is 26.3 Å². The summed E-state index contributed by atoms with van der Waals surface area (Å²) in [5.74, 6) is 0. The zero-order valence-corrected chi connectivity index (χ0v) is 14.6. The molecule has 0 bridgehead atoms. The minimum absolute atomic E-state index is 0.318. The number of ether oxygens (including phenoxy) is 1. The Morgan fingerprint density at radius 2 is 1.62 bits per heavy atom. The molecule has 0 saturated heterocycles. The van der Waals surface area contributed by atoms with Crippen molar-refractivity contribution in [2.24, 2.45) is 0 Å². The number of aromatic nitrogens is 2. The maximum atomic E-state index is 12.5. The molecule has 26 heavy (non-hydrogen) atoms. The Morgan fingerprint density at radius 1 is 1.00 bits per heavy atom. The molecule has 0 saturated carbocycles. The van der Waals surface area contributed by atoms with E-state index in [1.54, 1.807) is 0 Å². The number of rotatable bonds is 2. The molecule has 0 unspecified atom stereocenters. The molecule has 138 valence electrons. The van der Waals surface area contributed by atoms with Crippen molar-refractivity contribution < 1.29 is 22.7 Å². The highest BCUT2D eigenvalue weighted by atomic mass is 19.4. The predicted octanol–water partition coefficient (Wildman–Crippen LogP) is 5.21. The fraction of sp³-hybridized carbons (Fsp3) is 0.263. The van der Waals surface area contributed by atoms with Crippen LogP contribution in [0.15, 0.2) is 48.5 Å². The third-order valence-electron chi connectivity index (χ3n) is 3.36. The van der Waals surface area contributed by atoms with E-state index >= 15 is 0 Å². The number of fused-ring (bicyclic) bond motifs is 1. The highest BCUT2D eigenvalue weighted by molar-refractivity contribution is 5.92. The zero-order valence-electron chi connectivity index (χ0n) is 14.6. The molecular formula is C19H19F3N2O2. The first-order chi connectivity index (χ1) is 12.1. The van der Waals surface area contributed by atoms with Crippen LogP contribution in [0.5, 0.6) is 0 Å². The van der Waals surface area contributed by atoms with Gasteiger partial charge in [-0.3, -0.25) is 9.89 Å². The lowest BCUT2D eigenvalue weighted by Crippen LogP contribution is -2.17. The van der Waals surface area contributed by atoms with Crippen LogP contribution in [0, 0.1) is 0 Å². The number of nitrogens with one attached hydrogen (secondary N) is 1. The molecule has 1 N–H and O–H groups in total. The molecule has 2 aromatic carbocycles. The second-order valence-corrected chi connectivity index (χ2v) is 6.52. The van der Waals surface area contributed by atoms with E-state index in [-0.39, 0.29) is 5.60 Å². The number of halogens is 3. The second kappa shape index (κ2) is 7.59. The van der Waals surface area contributed by atoms with Crippen LogP contribution in [-0.2, 0) is 15.7 Å². The summed E-state index contributed by atoms with van der Waals surface area (Å²) in [5.41, 5.74) is 1.20. The number of alkyl halides is 3. The number of H-pyrrole nitrogens is 1. The van der Waals surface area contributed by atoms with Crippen LogP contribution < -0.4 is 0 Å². The molecule has 0 amide bonds. The van der Waals surface area contributed by atoms with Crippen molar-refractivity contribution in [3.8, 4) is 11.3 Å². The first kappa shape index (κ1) is 19.5. The van der Waals surface area contributed by atoms with Gasteiger partial charge in [-0.15, -0.1) is 0 Å². The van der Waals surface area contributed by atoms with Crippen molar-refractivity contribution in [1.29, 1.82) is 0 Å². The summed E-state index contributed by atoms with van der Waals surface area (Å²) >= 11 is 0. The Hall–Kier alpha value is -2.83. The van der Waals surface area contributed by atoms with Gasteiger partial charge in [0.2, 0.25) is 0 Å². The van der Waals surface area contributed by atoms with Crippen molar-refractivity contribution in [1.82, 2.24) is 10.2 Å². The molecule has 0 atom stereocenters. The molecule has 0 spiro atoms. The van der Waals surface area contributed by atoms with Crippen molar-refractivity contribution in [2.45, 2.75) is 32.5 Å². The average Bonchev–Trinajstić information content (AvgIpc) is 2.98. The molecular weight excluding hydrogens is 345 g/mol. The zero-order chi connectivity index (χ0) is 19.4. The number of carbonyl (C=O) groups excluding carboxylic acids is 1. The van der Waals surface area contributed by atoms with Gasteiger partial charge >= 0.3 is 6.18 Å². The molecule has 1 heterocycles. The van der Waals surface area contributed by atoms with E-state index in [0.717, 1.165) is 23.0 Å². The third-order valence-corrected chi connectivity index (χ3v) is 3.36. The van der Waals surface area contributed by atoms with E-state index in [4.69, 9.17) is 0 Å². The molecule has 3 rings (SSSR count). The van der Waals surface area contributed by atoms with Gasteiger partial charge in [-0.05, 0) is 39.0 Å². The van der Waals surface area contributed by atoms with E-state index in [2.05, 4.69) is 14.9 Å². The van der Waals surface area contributed by atoms with Gasteiger partial charge in [0.25, 0.3) is 6.47 Å². The SMILES string of the molecule is CC(C)(C)OC=O.FC(F)(F)c1ccc(-c2n[nH]c3ccccc23)cc1. The quantitative estimate of drug-likeness (QED) is 0.636. The summed E-state index contributed by atoms with van der Waals surface area (Å²) in [4.78, 5) is 9.60. The Balaban J connectivity index is 0.000000298. The van der Waals surface area contributed by atoms with Crippen LogP contribution in [0.3, 0.4) is 0 Å². The number of hydrogen-bond acceptors (Lipinski definition) is 3. The molecule has 4 nitrogen and oxygen atoms in total. The van der Waals surface area contributed by atoms with E-state index in [0.29, 0.717) is 17.7 Å². The maximum Gasteiger partial charge on any atom is 0.416 e. The van der Waals surface area contributed by atoms with Crippen molar-refractivity contribution in [2.75, 3.05) is 0 Å². The Morgan fingerprint density at radius 3 is 2.12 bits per heavy atom. The number of carbonyl (C=O) groups is 1. The van der Waals surface area contributed by atoms with E-state index < -0.39 is 11.7 Å². The minimum Gasteiger partial charge on any atom is -0.462 e. The van der Waals surface area contributed by atoms with Gasteiger partial charge in [-0.2, -0.15) is 18.3 Å². The number of hydrogen-bond donors (Lipinski definition) is 1. The number of aromatic amines is 1. The molecule has 0 aliphatic rings. The van der Waals surface area contributed by atoms with Gasteiger partial charge in [0.1, 0.15) is 5.60 Å². The summed E-state index contributed by atoms with van der Waals surface area (Å²) < 4.78 is 42.0. The average molecular weight is 364 g/mol. The topological polar surface area (TPSA) is 55.0 Å². The summed E-state index contributed by atoms with van der Waals surface area (Å²) in [6, 6.07) is 12.5. The van der Waals surface area contributed by atoms with Gasteiger partial charge in [-0.25, -0.2) is 0 Å². The Kier molecular flexibility index (Phi) is 5.69. The lowest BCUT2D eigenvalue weighted by molar-refractivity contribution is -0.139. The fourth-order valence-corrected chi connectivity index (χ4v) is 2.14. The minimum atomic E-state index is -4.31. The second-order valence-electron chi connectivity index (χ2n) is 6.52. The fourth-order valence-electron chi connectivity index (χ4n) is 2.14. The van der Waals surface area contributed by atoms with E-state index in [9.17, 15) is 18.0 Å². The van der Waals surface area contributed by atoms with Crippen LogP contribution in [0.25, 0.3) is 22.2 Å². The molecule has 0 radical (unpaired) electrons. The normalized spacial score (nSPS) is 11.6. The van der Waals surface area contributed by atoms with Crippen molar-refractivity contribution in [3.05, 3.63) is 54.1 Å². The summed E-state index contributed by atoms with van der Waals surface area (Å²) in [7, 11) is 0. The first-order valence-electron chi connectivity index (χ1n) is 7.84. The van der Waals surface area contributed by atoms with E-state index in [1.807, 2.05) is 45.0 Å². The van der Waals surface area contributed by atoms with Crippen LogP contribution in [0.2, 0.25) is 0 Å². The summed E-state index contributed by atoms with van der Waals surface area (Å²) in [6.07, 6.45) is -4.31. The maximum absolute atomic E-state index is 12.5. The van der Waals surface area contributed by atoms with Crippen LogP contribution in [0.4, 0.5) is 13.2 Å². The number of benzene rings is 2. The predicted molar refractivity (Wildman–Crippen MR) is 93.4 cm³/mol. The lowest BCUT2D eigenvalue weighted by atomic mass is 10.1. The van der Waals surface area contributed by atoms with Gasteiger partial charge in [-0.1, -0.05) is 30.3 Å². The molecule has 0 aliphatic heterocycles. The van der Waals surface area contributed by atoms with E-state index in [1.165, 1.54) is 12.1 Å². The Labute approximate surface area is 149 Å². The van der Waals surface area contributed by atoms with Gasteiger partial charge < -0.3 is 4.74 Å². The molecule has 0 aliphatic carbocycles. The molecule has 3 aromatic rings.